The molecule has 3 amide bonds. The Morgan fingerprint density at radius 3 is 1.33 bits per heavy atom. The molecule has 0 radical (unpaired) electrons. The standard InChI is InChI=1S/C46H48N4O9.C14H16N2O3/c1-29(51)32-10-12-35(13-11-32)56-16-17-57-36-19-30(27-58-43-23-39-37(21-41(43)54-2)45(52)49-14-6-4-8-33(49)25-47-39)18-31(20-36)28-59-44-24-40-38(22-42(44)55-3)46(53)50-15-7-5-9-34(50)26-48-40;1-19-13-6-10-11(7-12(13)17)15-8-9-4-2-3-5-16(9)14(10)18/h10-13,18-26,33-34H,4-9,14-17,27-28H2,1-3H3;6-9,17H,2-5H2,1H3/t33-,34-;9-/m00/s1. The first-order valence-electron chi connectivity index (χ1n) is 26.6. The fourth-order valence-electron chi connectivity index (χ4n) is 10.7. The highest BCUT2D eigenvalue weighted by molar-refractivity contribution is 6.05. The quantitative estimate of drug-likeness (QED) is 0.0770. The number of phenolic OH excluding ortho intramolecular Hbond substituents is 1. The molecule has 6 aliphatic heterocycles. The average Bonchev–Trinajstić information content (AvgIpc) is 3.80. The summed E-state index contributed by atoms with van der Waals surface area (Å²) in [5.41, 5.74) is 5.25. The third kappa shape index (κ3) is 11.6. The van der Waals surface area contributed by atoms with Crippen molar-refractivity contribution in [3.05, 3.63) is 112 Å². The summed E-state index contributed by atoms with van der Waals surface area (Å²) < 4.78 is 41.3. The maximum Gasteiger partial charge on any atom is 0.256 e. The van der Waals surface area contributed by atoms with E-state index in [1.54, 1.807) is 68.8 Å². The molecule has 406 valence electrons. The Morgan fingerprint density at radius 2 is 0.910 bits per heavy atom. The van der Waals surface area contributed by atoms with Gasteiger partial charge in [0.2, 0.25) is 0 Å². The molecule has 0 unspecified atom stereocenters. The summed E-state index contributed by atoms with van der Waals surface area (Å²) in [6.45, 7) is 4.47. The van der Waals surface area contributed by atoms with Crippen LogP contribution in [0, 0.1) is 0 Å². The molecule has 5 aromatic carbocycles. The van der Waals surface area contributed by atoms with E-state index < -0.39 is 0 Å². The molecule has 0 spiro atoms. The Morgan fingerprint density at radius 1 is 0.500 bits per heavy atom. The van der Waals surface area contributed by atoms with Gasteiger partial charge in [0.15, 0.2) is 40.3 Å². The lowest BCUT2D eigenvalue weighted by molar-refractivity contribution is 0.0680. The van der Waals surface area contributed by atoms with Crippen LogP contribution in [0.3, 0.4) is 0 Å². The molecule has 0 saturated carbocycles. The van der Waals surface area contributed by atoms with E-state index >= 15 is 0 Å². The summed E-state index contributed by atoms with van der Waals surface area (Å²) in [6, 6.07) is 22.7. The number of amides is 3. The first-order valence-corrected chi connectivity index (χ1v) is 26.6. The van der Waals surface area contributed by atoms with Crippen molar-refractivity contribution in [2.75, 3.05) is 54.2 Å². The highest BCUT2D eigenvalue weighted by atomic mass is 16.5. The number of hydrogen-bond donors (Lipinski definition) is 1. The van der Waals surface area contributed by atoms with E-state index in [9.17, 15) is 24.3 Å². The van der Waals surface area contributed by atoms with Gasteiger partial charge in [0.25, 0.3) is 17.7 Å². The lowest BCUT2D eigenvalue weighted by Gasteiger charge is -2.32. The molecule has 0 bridgehead atoms. The van der Waals surface area contributed by atoms with E-state index in [4.69, 9.17) is 43.1 Å². The minimum Gasteiger partial charge on any atom is -0.504 e. The number of rotatable bonds is 15. The molecule has 1 N–H and O–H groups in total. The number of fused-ring (bicyclic) bond motifs is 6. The molecule has 3 fully saturated rings. The third-order valence-corrected chi connectivity index (χ3v) is 14.8. The number of carbonyl (C=O) groups excluding carboxylic acids is 4. The predicted molar refractivity (Wildman–Crippen MR) is 294 cm³/mol. The Labute approximate surface area is 453 Å². The highest BCUT2D eigenvalue weighted by Crippen LogP contribution is 2.41. The number of nitrogens with zero attached hydrogens (tertiary/aromatic N) is 6. The Kier molecular flexibility index (Phi) is 16.2. The number of piperidine rings is 3. The molecule has 0 aromatic heterocycles. The van der Waals surface area contributed by atoms with Crippen LogP contribution in [0.1, 0.15) is 117 Å². The molecule has 18 nitrogen and oxygen atoms in total. The largest absolute Gasteiger partial charge is 0.504 e. The van der Waals surface area contributed by atoms with E-state index in [2.05, 4.69) is 4.99 Å². The summed E-state index contributed by atoms with van der Waals surface area (Å²) in [7, 11) is 4.57. The lowest BCUT2D eigenvalue weighted by Crippen LogP contribution is -2.43. The van der Waals surface area contributed by atoms with Crippen molar-refractivity contribution in [3.8, 4) is 46.0 Å². The van der Waals surface area contributed by atoms with Crippen LogP contribution < -0.4 is 33.2 Å². The van der Waals surface area contributed by atoms with E-state index in [0.29, 0.717) is 92.7 Å². The SMILES string of the molecule is COc1cc2c(cc1O)N=C[C@@H]1CCCCN1C2=O.COc1cc2c(cc1OCc1cc(COc3cc4c(cc3OC)C(=O)N3CCCC[C@H]3C=N4)cc(OCCOc3ccc(C(C)=O)cc3)c1)N=C[C@@H]1CCCCN1C2=O. The minimum absolute atomic E-state index is 0.00562. The average molecular weight is 1060 g/mol. The maximum atomic E-state index is 13.6. The van der Waals surface area contributed by atoms with Gasteiger partial charge in [-0.3, -0.25) is 34.2 Å². The molecule has 11 rings (SSSR count). The van der Waals surface area contributed by atoms with Crippen molar-refractivity contribution in [1.82, 2.24) is 14.7 Å². The van der Waals surface area contributed by atoms with Crippen LogP contribution in [-0.2, 0) is 13.2 Å². The van der Waals surface area contributed by atoms with Crippen LogP contribution >= 0.6 is 0 Å². The van der Waals surface area contributed by atoms with Gasteiger partial charge in [-0.25, -0.2) is 0 Å². The van der Waals surface area contributed by atoms with Crippen molar-refractivity contribution >= 4 is 59.2 Å². The number of aromatic hydroxyl groups is 1. The first kappa shape index (κ1) is 53.0. The molecule has 3 saturated heterocycles. The zero-order chi connectivity index (χ0) is 54.3. The number of carbonyl (C=O) groups is 4. The van der Waals surface area contributed by atoms with E-state index in [1.807, 2.05) is 51.5 Å². The third-order valence-electron chi connectivity index (χ3n) is 14.8. The van der Waals surface area contributed by atoms with Gasteiger partial charge in [0.1, 0.15) is 37.9 Å². The van der Waals surface area contributed by atoms with Gasteiger partial charge in [-0.05, 0) is 137 Å². The van der Waals surface area contributed by atoms with Crippen molar-refractivity contribution in [2.24, 2.45) is 15.0 Å². The summed E-state index contributed by atoms with van der Waals surface area (Å²) in [6.07, 6.45) is 14.5. The number of ether oxygens (including phenoxy) is 7. The molecule has 0 aliphatic carbocycles. The second-order valence-corrected chi connectivity index (χ2v) is 19.9. The van der Waals surface area contributed by atoms with Crippen LogP contribution in [0.2, 0.25) is 0 Å². The molecular weight excluding hydrogens is 997 g/mol. The van der Waals surface area contributed by atoms with E-state index in [-0.39, 0.29) is 73.8 Å². The number of ketones is 1. The smallest absolute Gasteiger partial charge is 0.256 e. The lowest BCUT2D eigenvalue weighted by atomic mass is 10.0. The summed E-state index contributed by atoms with van der Waals surface area (Å²) in [5, 5.41) is 9.78. The Bertz CT molecular complexity index is 3050. The Hall–Kier alpha value is -8.41. The highest BCUT2D eigenvalue weighted by Gasteiger charge is 2.34. The zero-order valence-corrected chi connectivity index (χ0v) is 44.4. The van der Waals surface area contributed by atoms with Gasteiger partial charge in [-0.1, -0.05) is 0 Å². The van der Waals surface area contributed by atoms with Crippen LogP contribution in [-0.4, -0.2) is 134 Å². The fourth-order valence-corrected chi connectivity index (χ4v) is 10.7. The van der Waals surface area contributed by atoms with Gasteiger partial charge >= 0.3 is 0 Å². The second-order valence-electron chi connectivity index (χ2n) is 19.9. The molecule has 3 atom stereocenters. The number of Topliss-reactive ketones (excluding diaryl/α,β-unsaturated/α-hetero) is 1. The summed E-state index contributed by atoms with van der Waals surface area (Å²) in [4.78, 5) is 70.8. The number of hydrogen-bond acceptors (Lipinski definition) is 15. The zero-order valence-electron chi connectivity index (χ0n) is 44.4. The molecule has 6 aliphatic rings. The van der Waals surface area contributed by atoms with Crippen LogP contribution in [0.25, 0.3) is 0 Å². The van der Waals surface area contributed by atoms with Crippen molar-refractivity contribution in [2.45, 2.75) is 96.1 Å². The molecule has 5 aromatic rings. The van der Waals surface area contributed by atoms with Crippen LogP contribution in [0.5, 0.6) is 46.0 Å². The number of methoxy groups -OCH3 is 3. The van der Waals surface area contributed by atoms with Gasteiger partial charge in [0.05, 0.1) is 73.2 Å². The predicted octanol–water partition coefficient (Wildman–Crippen LogP) is 10.1. The monoisotopic (exact) mass is 1060 g/mol. The van der Waals surface area contributed by atoms with Gasteiger partial charge in [-0.2, -0.15) is 0 Å². The number of phenols is 1. The summed E-state index contributed by atoms with van der Waals surface area (Å²) >= 11 is 0. The molecule has 18 heteroatoms. The normalized spacial score (nSPS) is 18.9. The minimum atomic E-state index is -0.0566. The van der Waals surface area contributed by atoms with Gasteiger partial charge in [0, 0.05) is 62.0 Å². The fraction of sp³-hybridized carbons (Fsp3) is 0.383. The maximum absolute atomic E-state index is 13.6. The first-order chi connectivity index (χ1) is 38.0. The number of benzene rings is 5. The van der Waals surface area contributed by atoms with Gasteiger partial charge < -0.3 is 53.0 Å². The van der Waals surface area contributed by atoms with Crippen molar-refractivity contribution in [1.29, 1.82) is 0 Å². The van der Waals surface area contributed by atoms with Crippen LogP contribution in [0.4, 0.5) is 17.1 Å². The van der Waals surface area contributed by atoms with E-state index in [1.165, 1.54) is 20.1 Å². The van der Waals surface area contributed by atoms with Crippen LogP contribution in [0.15, 0.2) is 93.8 Å². The Balaban J connectivity index is 0.000000303. The summed E-state index contributed by atoms with van der Waals surface area (Å²) in [5.74, 6) is 3.11. The second kappa shape index (κ2) is 23.9. The molecule has 6 heterocycles. The van der Waals surface area contributed by atoms with Crippen molar-refractivity contribution in [3.63, 3.8) is 0 Å². The molecular formula is C60H64N6O12. The van der Waals surface area contributed by atoms with Crippen molar-refractivity contribution < 1.29 is 57.4 Å². The van der Waals surface area contributed by atoms with Gasteiger partial charge in [-0.15, -0.1) is 0 Å². The topological polar surface area (TPSA) is 200 Å². The molecule has 78 heavy (non-hydrogen) atoms. The van der Waals surface area contributed by atoms with E-state index in [0.717, 1.165) is 75.5 Å². The number of aliphatic imine (C=N–C) groups is 3.